The molecule has 1 atom stereocenters. The molecular formula is C13H26N2O. The number of carbonyl (C=O) groups is 1. The Bertz CT molecular complexity index is 222. The molecule has 0 aromatic heterocycles. The molecule has 3 nitrogen and oxygen atoms in total. The summed E-state index contributed by atoms with van der Waals surface area (Å²) >= 11 is 0. The van der Waals surface area contributed by atoms with E-state index in [9.17, 15) is 4.79 Å². The van der Waals surface area contributed by atoms with Crippen molar-refractivity contribution in [2.24, 2.45) is 5.92 Å². The molecule has 0 aliphatic heterocycles. The highest BCUT2D eigenvalue weighted by atomic mass is 16.2. The summed E-state index contributed by atoms with van der Waals surface area (Å²) < 4.78 is 0. The van der Waals surface area contributed by atoms with E-state index >= 15 is 0 Å². The minimum atomic E-state index is 0.0907. The van der Waals surface area contributed by atoms with Crippen LogP contribution in [0.1, 0.15) is 46.5 Å². The summed E-state index contributed by atoms with van der Waals surface area (Å²) in [4.78, 5) is 14.5. The summed E-state index contributed by atoms with van der Waals surface area (Å²) in [5.74, 6) is 0.407. The molecular weight excluding hydrogens is 200 g/mol. The molecule has 16 heavy (non-hydrogen) atoms. The highest BCUT2D eigenvalue weighted by molar-refractivity contribution is 5.79. The number of nitrogens with zero attached hydrogens (tertiary/aromatic N) is 1. The molecule has 1 amide bonds. The van der Waals surface area contributed by atoms with Crippen LogP contribution in [0.2, 0.25) is 0 Å². The van der Waals surface area contributed by atoms with Gasteiger partial charge in [-0.3, -0.25) is 4.79 Å². The van der Waals surface area contributed by atoms with Crippen LogP contribution in [-0.4, -0.2) is 36.5 Å². The summed E-state index contributed by atoms with van der Waals surface area (Å²) in [6.07, 6.45) is 4.94. The van der Waals surface area contributed by atoms with E-state index in [0.29, 0.717) is 18.0 Å². The summed E-state index contributed by atoms with van der Waals surface area (Å²) in [5, 5.41) is 3.09. The Morgan fingerprint density at radius 2 is 1.88 bits per heavy atom. The van der Waals surface area contributed by atoms with Crippen LogP contribution in [0.4, 0.5) is 0 Å². The lowest BCUT2D eigenvalue weighted by Gasteiger charge is -2.35. The summed E-state index contributed by atoms with van der Waals surface area (Å²) in [6.45, 7) is 7.04. The van der Waals surface area contributed by atoms with E-state index < -0.39 is 0 Å². The Balaban J connectivity index is 2.65. The smallest absolute Gasteiger partial charge is 0.227 e. The van der Waals surface area contributed by atoms with Crippen molar-refractivity contribution in [3.63, 3.8) is 0 Å². The Hall–Kier alpha value is -0.570. The van der Waals surface area contributed by atoms with Crippen molar-refractivity contribution in [3.05, 3.63) is 0 Å². The third-order valence-corrected chi connectivity index (χ3v) is 3.46. The molecule has 1 N–H and O–H groups in total. The van der Waals surface area contributed by atoms with E-state index in [1.165, 1.54) is 25.7 Å². The number of nitrogens with one attached hydrogen (secondary N) is 1. The Morgan fingerprint density at radius 3 is 2.31 bits per heavy atom. The topological polar surface area (TPSA) is 32.3 Å². The van der Waals surface area contributed by atoms with Gasteiger partial charge >= 0.3 is 0 Å². The van der Waals surface area contributed by atoms with E-state index in [-0.39, 0.29) is 5.92 Å². The highest BCUT2D eigenvalue weighted by Crippen LogP contribution is 2.26. The normalized spacial score (nSPS) is 19.1. The molecule has 0 bridgehead atoms. The molecule has 0 saturated heterocycles. The van der Waals surface area contributed by atoms with E-state index in [1.54, 1.807) is 0 Å². The molecule has 1 saturated carbocycles. The average molecular weight is 226 g/mol. The second-order valence-electron chi connectivity index (χ2n) is 5.24. The van der Waals surface area contributed by atoms with Crippen molar-refractivity contribution in [2.45, 2.75) is 58.5 Å². The summed E-state index contributed by atoms with van der Waals surface area (Å²) in [7, 11) is 1.90. The molecule has 0 radical (unpaired) electrons. The molecule has 94 valence electrons. The monoisotopic (exact) mass is 226 g/mol. The fourth-order valence-electron chi connectivity index (χ4n) is 2.69. The number of hydrogen-bond donors (Lipinski definition) is 1. The first-order valence-electron chi connectivity index (χ1n) is 6.54. The SMILES string of the molecule is CNCC(C)C(=O)N(C(C)C)C1CCCC1. The number of hydrogen-bond acceptors (Lipinski definition) is 2. The van der Waals surface area contributed by atoms with Gasteiger partial charge in [-0.25, -0.2) is 0 Å². The highest BCUT2D eigenvalue weighted by Gasteiger charge is 2.30. The van der Waals surface area contributed by atoms with Crippen molar-refractivity contribution >= 4 is 5.91 Å². The molecule has 1 aliphatic carbocycles. The van der Waals surface area contributed by atoms with E-state index in [0.717, 1.165) is 6.54 Å². The molecule has 1 unspecified atom stereocenters. The minimum Gasteiger partial charge on any atom is -0.337 e. The third kappa shape index (κ3) is 3.21. The van der Waals surface area contributed by atoms with E-state index in [2.05, 4.69) is 24.1 Å². The lowest BCUT2D eigenvalue weighted by molar-refractivity contribution is -0.139. The molecule has 1 fully saturated rings. The van der Waals surface area contributed by atoms with Gasteiger partial charge in [0.25, 0.3) is 0 Å². The van der Waals surface area contributed by atoms with Crippen LogP contribution in [0, 0.1) is 5.92 Å². The van der Waals surface area contributed by atoms with Crippen LogP contribution in [0.25, 0.3) is 0 Å². The molecule has 1 aliphatic rings. The van der Waals surface area contributed by atoms with E-state index in [4.69, 9.17) is 0 Å². The van der Waals surface area contributed by atoms with Crippen LogP contribution in [-0.2, 0) is 4.79 Å². The van der Waals surface area contributed by atoms with Crippen LogP contribution >= 0.6 is 0 Å². The minimum absolute atomic E-state index is 0.0907. The maximum Gasteiger partial charge on any atom is 0.227 e. The molecule has 0 aromatic rings. The predicted molar refractivity (Wildman–Crippen MR) is 67.3 cm³/mol. The first-order chi connectivity index (χ1) is 7.57. The molecule has 0 spiro atoms. The van der Waals surface area contributed by atoms with Crippen LogP contribution in [0.3, 0.4) is 0 Å². The molecule has 1 rings (SSSR count). The maximum absolute atomic E-state index is 12.3. The van der Waals surface area contributed by atoms with Crippen molar-refractivity contribution in [2.75, 3.05) is 13.6 Å². The number of rotatable bonds is 5. The van der Waals surface area contributed by atoms with Gasteiger partial charge < -0.3 is 10.2 Å². The zero-order valence-corrected chi connectivity index (χ0v) is 11.1. The first-order valence-corrected chi connectivity index (χ1v) is 6.54. The largest absolute Gasteiger partial charge is 0.337 e. The van der Waals surface area contributed by atoms with Gasteiger partial charge in [0.2, 0.25) is 5.91 Å². The van der Waals surface area contributed by atoms with Crippen molar-refractivity contribution in [1.82, 2.24) is 10.2 Å². The first kappa shape index (κ1) is 13.5. The zero-order valence-electron chi connectivity index (χ0n) is 11.1. The zero-order chi connectivity index (χ0) is 12.1. The van der Waals surface area contributed by atoms with Crippen molar-refractivity contribution in [3.8, 4) is 0 Å². The molecule has 0 aromatic carbocycles. The third-order valence-electron chi connectivity index (χ3n) is 3.46. The summed E-state index contributed by atoms with van der Waals surface area (Å²) in [5.41, 5.74) is 0. The Labute approximate surface area is 99.6 Å². The molecule has 3 heteroatoms. The van der Waals surface area contributed by atoms with E-state index in [1.807, 2.05) is 14.0 Å². The maximum atomic E-state index is 12.3. The van der Waals surface area contributed by atoms with Gasteiger partial charge in [0.15, 0.2) is 0 Å². The lowest BCUT2D eigenvalue weighted by Crippen LogP contribution is -2.47. The van der Waals surface area contributed by atoms with Crippen LogP contribution in [0.5, 0.6) is 0 Å². The summed E-state index contributed by atoms with van der Waals surface area (Å²) in [6, 6.07) is 0.821. The van der Waals surface area contributed by atoms with Gasteiger partial charge in [0.05, 0.1) is 0 Å². The average Bonchev–Trinajstić information content (AvgIpc) is 2.71. The van der Waals surface area contributed by atoms with Gasteiger partial charge in [-0.1, -0.05) is 19.8 Å². The van der Waals surface area contributed by atoms with Gasteiger partial charge in [0.1, 0.15) is 0 Å². The van der Waals surface area contributed by atoms with Crippen LogP contribution < -0.4 is 5.32 Å². The fraction of sp³-hybridized carbons (Fsp3) is 0.923. The van der Waals surface area contributed by atoms with Gasteiger partial charge in [-0.15, -0.1) is 0 Å². The standard InChI is InChI=1S/C13H26N2O/c1-10(2)15(12-7-5-6-8-12)13(16)11(3)9-14-4/h10-12,14H,5-9H2,1-4H3. The lowest BCUT2D eigenvalue weighted by atomic mass is 10.1. The predicted octanol–water partition coefficient (Wildman–Crippen LogP) is 2.02. The van der Waals surface area contributed by atoms with Gasteiger partial charge in [-0.05, 0) is 33.7 Å². The fourth-order valence-corrected chi connectivity index (χ4v) is 2.69. The number of amides is 1. The van der Waals surface area contributed by atoms with Crippen molar-refractivity contribution in [1.29, 1.82) is 0 Å². The Morgan fingerprint density at radius 1 is 1.31 bits per heavy atom. The quantitative estimate of drug-likeness (QED) is 0.778. The second-order valence-corrected chi connectivity index (χ2v) is 5.24. The molecule has 0 heterocycles. The van der Waals surface area contributed by atoms with Crippen molar-refractivity contribution < 1.29 is 4.79 Å². The second kappa shape index (κ2) is 6.24. The van der Waals surface area contributed by atoms with Gasteiger partial charge in [-0.2, -0.15) is 0 Å². The number of carbonyl (C=O) groups excluding carboxylic acids is 1. The van der Waals surface area contributed by atoms with Crippen LogP contribution in [0.15, 0.2) is 0 Å². The van der Waals surface area contributed by atoms with Gasteiger partial charge in [0, 0.05) is 24.5 Å². The Kier molecular flexibility index (Phi) is 5.26.